The zero-order valence-corrected chi connectivity index (χ0v) is 15.1. The topological polar surface area (TPSA) is 57.9 Å². The summed E-state index contributed by atoms with van der Waals surface area (Å²) in [6.45, 7) is 5.60. The van der Waals surface area contributed by atoms with E-state index in [0.717, 1.165) is 22.2 Å². The molecular formula is C19H20ClN4O+. The summed E-state index contributed by atoms with van der Waals surface area (Å²) >= 11 is 6.24. The number of benzene rings is 2. The Morgan fingerprint density at radius 3 is 2.52 bits per heavy atom. The lowest BCUT2D eigenvalue weighted by molar-refractivity contribution is -0.693. The number of fused-ring (bicyclic) bond motifs is 1. The molecule has 25 heavy (non-hydrogen) atoms. The molecule has 1 amide bonds. The molecule has 0 unspecified atom stereocenters. The predicted molar refractivity (Wildman–Crippen MR) is 100 cm³/mol. The van der Waals surface area contributed by atoms with Gasteiger partial charge in [-0.05, 0) is 32.0 Å². The van der Waals surface area contributed by atoms with Crippen LogP contribution in [0.2, 0.25) is 5.02 Å². The molecule has 5 nitrogen and oxygen atoms in total. The zero-order chi connectivity index (χ0) is 18.0. The molecule has 128 valence electrons. The molecule has 0 aliphatic carbocycles. The first kappa shape index (κ1) is 17.2. The lowest BCUT2D eigenvalue weighted by Crippen LogP contribution is -2.45. The van der Waals surface area contributed by atoms with Crippen molar-refractivity contribution >= 4 is 34.4 Å². The Morgan fingerprint density at radius 1 is 1.16 bits per heavy atom. The van der Waals surface area contributed by atoms with Crippen LogP contribution < -0.4 is 15.4 Å². The molecule has 0 radical (unpaired) electrons. The summed E-state index contributed by atoms with van der Waals surface area (Å²) in [4.78, 5) is 16.0. The molecule has 0 spiro atoms. The normalized spacial score (nSPS) is 10.9. The Balaban J connectivity index is 2.35. The number of hydrogen-bond donors (Lipinski definition) is 2. The summed E-state index contributed by atoms with van der Waals surface area (Å²) in [6, 6.07) is 15.8. The van der Waals surface area contributed by atoms with E-state index < -0.39 is 0 Å². The van der Waals surface area contributed by atoms with E-state index in [-0.39, 0.29) is 11.9 Å². The fourth-order valence-corrected chi connectivity index (χ4v) is 3.00. The Hall–Kier alpha value is -2.66. The van der Waals surface area contributed by atoms with E-state index in [4.69, 9.17) is 11.6 Å². The van der Waals surface area contributed by atoms with Gasteiger partial charge in [0.05, 0.1) is 11.4 Å². The van der Waals surface area contributed by atoms with Gasteiger partial charge in [-0.15, -0.1) is 0 Å². The number of halogens is 1. The minimum Gasteiger partial charge on any atom is -0.272 e. The number of hydrogen-bond acceptors (Lipinski definition) is 3. The molecule has 0 saturated heterocycles. The number of amides is 1. The first-order chi connectivity index (χ1) is 12.0. The van der Waals surface area contributed by atoms with Gasteiger partial charge < -0.3 is 0 Å². The van der Waals surface area contributed by atoms with Gasteiger partial charge in [-0.1, -0.05) is 46.9 Å². The van der Waals surface area contributed by atoms with E-state index >= 15 is 0 Å². The molecule has 0 bridgehead atoms. The first-order valence-electron chi connectivity index (χ1n) is 8.10. The molecule has 0 aliphatic rings. The van der Waals surface area contributed by atoms with Crippen LogP contribution in [0.1, 0.15) is 26.8 Å². The van der Waals surface area contributed by atoms with Crippen molar-refractivity contribution in [3.05, 3.63) is 53.6 Å². The van der Waals surface area contributed by atoms with Gasteiger partial charge in [0.15, 0.2) is 5.52 Å². The van der Waals surface area contributed by atoms with Gasteiger partial charge in [0.1, 0.15) is 5.69 Å². The monoisotopic (exact) mass is 355 g/mol. The quantitative estimate of drug-likeness (QED) is 0.551. The van der Waals surface area contributed by atoms with E-state index in [1.807, 2.05) is 36.4 Å². The van der Waals surface area contributed by atoms with Gasteiger partial charge in [0.25, 0.3) is 0 Å². The van der Waals surface area contributed by atoms with Crippen LogP contribution in [0.15, 0.2) is 48.5 Å². The van der Waals surface area contributed by atoms with Crippen molar-refractivity contribution in [1.29, 1.82) is 0 Å². The highest BCUT2D eigenvalue weighted by Gasteiger charge is 2.24. The molecule has 0 aliphatic heterocycles. The van der Waals surface area contributed by atoms with Gasteiger partial charge >= 0.3 is 5.95 Å². The molecule has 1 heterocycles. The molecule has 1 aromatic heterocycles. The zero-order valence-electron chi connectivity index (χ0n) is 14.4. The van der Waals surface area contributed by atoms with Crippen LogP contribution in [0, 0.1) is 0 Å². The summed E-state index contributed by atoms with van der Waals surface area (Å²) < 4.78 is 2.06. The van der Waals surface area contributed by atoms with Crippen LogP contribution in [0.3, 0.4) is 0 Å². The van der Waals surface area contributed by atoms with E-state index in [1.165, 1.54) is 6.92 Å². The second-order valence-electron chi connectivity index (χ2n) is 6.08. The highest BCUT2D eigenvalue weighted by atomic mass is 35.5. The molecule has 0 saturated carbocycles. The average molecular weight is 356 g/mol. The average Bonchev–Trinajstić information content (AvgIpc) is 2.59. The number of anilines is 1. The maximum atomic E-state index is 11.3. The lowest BCUT2D eigenvalue weighted by Gasteiger charge is -2.17. The van der Waals surface area contributed by atoms with Crippen LogP contribution in [0.5, 0.6) is 0 Å². The van der Waals surface area contributed by atoms with Crippen LogP contribution in [0.4, 0.5) is 5.95 Å². The molecule has 6 heteroatoms. The summed E-state index contributed by atoms with van der Waals surface area (Å²) in [7, 11) is 0. The summed E-state index contributed by atoms with van der Waals surface area (Å²) in [6.07, 6.45) is 0. The van der Waals surface area contributed by atoms with Crippen LogP contribution >= 0.6 is 11.6 Å². The Morgan fingerprint density at radius 2 is 1.88 bits per heavy atom. The Labute approximate surface area is 151 Å². The minimum atomic E-state index is -0.186. The van der Waals surface area contributed by atoms with Crippen molar-refractivity contribution in [2.24, 2.45) is 0 Å². The standard InChI is InChI=1S/C19H19ClN4O/c1-12(2)24-18(14-7-5-4-6-8-14)16-11-15(20)9-10-17(16)21-19(24)23-22-13(3)25/h4-12H,1-3H3,(H,22,25)/p+1. The maximum absolute atomic E-state index is 11.3. The fraction of sp³-hybridized carbons (Fsp3) is 0.211. The van der Waals surface area contributed by atoms with Crippen molar-refractivity contribution in [2.75, 3.05) is 5.43 Å². The molecule has 3 rings (SSSR count). The molecule has 0 fully saturated rings. The SMILES string of the molecule is CC(=O)NNc1nc2ccc(Cl)cc2c(-c2ccccc2)[n+]1C(C)C. The third kappa shape index (κ3) is 3.56. The molecule has 0 atom stereocenters. The number of hydrazine groups is 1. The first-order valence-corrected chi connectivity index (χ1v) is 8.48. The summed E-state index contributed by atoms with van der Waals surface area (Å²) in [5, 5.41) is 1.62. The van der Waals surface area contributed by atoms with Gasteiger partial charge in [-0.2, -0.15) is 5.43 Å². The predicted octanol–water partition coefficient (Wildman–Crippen LogP) is 3.89. The van der Waals surface area contributed by atoms with Gasteiger partial charge in [0.2, 0.25) is 5.91 Å². The van der Waals surface area contributed by atoms with Gasteiger partial charge in [-0.3, -0.25) is 4.79 Å². The number of rotatable bonds is 4. The Bertz CT molecular complexity index is 926. The highest BCUT2D eigenvalue weighted by molar-refractivity contribution is 6.31. The van der Waals surface area contributed by atoms with Crippen molar-refractivity contribution in [3.63, 3.8) is 0 Å². The third-order valence-corrected chi connectivity index (χ3v) is 4.06. The second kappa shape index (κ2) is 7.07. The molecule has 2 aromatic carbocycles. The number of carbonyl (C=O) groups is 1. The van der Waals surface area contributed by atoms with E-state index in [9.17, 15) is 4.79 Å². The van der Waals surface area contributed by atoms with Crippen molar-refractivity contribution in [2.45, 2.75) is 26.8 Å². The van der Waals surface area contributed by atoms with Crippen LogP contribution in [-0.2, 0) is 4.79 Å². The molecule has 2 N–H and O–H groups in total. The maximum Gasteiger partial charge on any atom is 0.414 e. The molecule has 3 aromatic rings. The largest absolute Gasteiger partial charge is 0.414 e. The number of aromatic nitrogens is 2. The molecular weight excluding hydrogens is 336 g/mol. The van der Waals surface area contributed by atoms with Gasteiger partial charge in [-0.25, -0.2) is 9.99 Å². The minimum absolute atomic E-state index is 0.113. The second-order valence-corrected chi connectivity index (χ2v) is 6.52. The van der Waals surface area contributed by atoms with Crippen molar-refractivity contribution in [1.82, 2.24) is 10.4 Å². The van der Waals surface area contributed by atoms with Crippen molar-refractivity contribution < 1.29 is 9.36 Å². The smallest absolute Gasteiger partial charge is 0.272 e. The number of carbonyl (C=O) groups excluding carboxylic acids is 1. The van der Waals surface area contributed by atoms with Crippen LogP contribution in [-0.4, -0.2) is 10.9 Å². The lowest BCUT2D eigenvalue weighted by atomic mass is 10.1. The fourth-order valence-electron chi connectivity index (χ4n) is 2.82. The van der Waals surface area contributed by atoms with Crippen LogP contribution in [0.25, 0.3) is 22.2 Å². The third-order valence-electron chi connectivity index (χ3n) is 3.82. The van der Waals surface area contributed by atoms with E-state index in [1.54, 1.807) is 0 Å². The number of nitrogens with zero attached hydrogens (tertiary/aromatic N) is 2. The summed E-state index contributed by atoms with van der Waals surface area (Å²) in [5.41, 5.74) is 8.39. The summed E-state index contributed by atoms with van der Waals surface area (Å²) in [5.74, 6) is 0.383. The Kier molecular flexibility index (Phi) is 4.86. The highest BCUT2D eigenvalue weighted by Crippen LogP contribution is 2.29. The van der Waals surface area contributed by atoms with E-state index in [2.05, 4.69) is 46.4 Å². The number of nitrogens with one attached hydrogen (secondary N) is 2. The van der Waals surface area contributed by atoms with Crippen molar-refractivity contribution in [3.8, 4) is 11.3 Å². The van der Waals surface area contributed by atoms with Gasteiger partial charge in [0, 0.05) is 17.5 Å². The van der Waals surface area contributed by atoms with E-state index in [0.29, 0.717) is 11.0 Å².